The number of piperidine rings is 1. The van der Waals surface area contributed by atoms with Crippen molar-refractivity contribution >= 4 is 23.9 Å². The monoisotopic (exact) mass is 504 g/mol. The van der Waals surface area contributed by atoms with Crippen LogP contribution in [0, 0.1) is 5.92 Å². The molecule has 36 heavy (non-hydrogen) atoms. The topological polar surface area (TPSA) is 154 Å². The number of hydrogen-bond acceptors (Lipinski definition) is 7. The molecule has 0 radical (unpaired) electrons. The zero-order valence-corrected chi connectivity index (χ0v) is 22.2. The van der Waals surface area contributed by atoms with Crippen LogP contribution in [0.15, 0.2) is 34.5 Å². The van der Waals surface area contributed by atoms with Crippen molar-refractivity contribution in [3.8, 4) is 5.75 Å². The van der Waals surface area contributed by atoms with Gasteiger partial charge in [0.25, 0.3) is 0 Å². The Morgan fingerprint density at radius 2 is 1.56 bits per heavy atom. The fraction of sp³-hybridized carbons (Fsp3) is 0.600. The van der Waals surface area contributed by atoms with Gasteiger partial charge in [0.2, 0.25) is 5.96 Å². The summed E-state index contributed by atoms with van der Waals surface area (Å²) >= 11 is 0. The third kappa shape index (κ3) is 10.8. The van der Waals surface area contributed by atoms with Crippen LogP contribution in [0.4, 0.5) is 9.59 Å². The normalized spacial score (nSPS) is 15.2. The molecular weight excluding hydrogens is 464 g/mol. The molecule has 1 fully saturated rings. The molecular formula is C25H40N6O5. The molecule has 1 saturated heterocycles. The molecule has 11 heteroatoms. The van der Waals surface area contributed by atoms with Gasteiger partial charge in [-0.05, 0) is 90.1 Å². The maximum Gasteiger partial charge on any atom is 0.410 e. The molecule has 1 aromatic carbocycles. The van der Waals surface area contributed by atoms with Crippen molar-refractivity contribution in [2.45, 2.75) is 65.6 Å². The molecule has 1 aliphatic heterocycles. The molecule has 0 saturated carbocycles. The number of nitrogens with zero attached hydrogens (tertiary/aromatic N) is 3. The number of benzene rings is 1. The fourth-order valence-electron chi connectivity index (χ4n) is 3.35. The van der Waals surface area contributed by atoms with Crippen molar-refractivity contribution < 1.29 is 23.8 Å². The lowest BCUT2D eigenvalue weighted by atomic mass is 9.98. The van der Waals surface area contributed by atoms with Gasteiger partial charge in [-0.3, -0.25) is 0 Å². The standard InChI is InChI=1S/C25H40N6O5/c1-24(2,3)35-22(32)28-15-20(29-30-21(26)27)18-7-9-19(10-8-18)34-16-17-11-13-31(14-12-17)23(33)36-25(4,5)6/h7-10,17H,11-16H2,1-6H3,(H,28,32)(H4,26,27,30)/b29-20+. The minimum atomic E-state index is -0.618. The highest BCUT2D eigenvalue weighted by molar-refractivity contribution is 6.03. The molecule has 0 aromatic heterocycles. The first kappa shape index (κ1) is 28.7. The Kier molecular flexibility index (Phi) is 9.94. The number of alkyl carbamates (subject to hydrolysis) is 1. The summed E-state index contributed by atoms with van der Waals surface area (Å²) in [6, 6.07) is 7.28. The highest BCUT2D eigenvalue weighted by Crippen LogP contribution is 2.22. The molecule has 2 amide bonds. The molecule has 2 rings (SSSR count). The Balaban J connectivity index is 1.90. The summed E-state index contributed by atoms with van der Waals surface area (Å²) < 4.78 is 16.7. The molecule has 1 aromatic rings. The number of carbonyl (C=O) groups excluding carboxylic acids is 2. The van der Waals surface area contributed by atoms with Crippen molar-refractivity contribution in [2.24, 2.45) is 27.6 Å². The van der Waals surface area contributed by atoms with Crippen LogP contribution < -0.4 is 21.5 Å². The van der Waals surface area contributed by atoms with Crippen LogP contribution in [0.3, 0.4) is 0 Å². The van der Waals surface area contributed by atoms with E-state index in [-0.39, 0.29) is 18.6 Å². The third-order valence-electron chi connectivity index (χ3n) is 5.02. The number of guanidine groups is 1. The Bertz CT molecular complexity index is 935. The Morgan fingerprint density at radius 1 is 0.972 bits per heavy atom. The van der Waals surface area contributed by atoms with E-state index in [1.807, 2.05) is 45.0 Å². The van der Waals surface area contributed by atoms with Gasteiger partial charge < -0.3 is 35.9 Å². The molecule has 1 aliphatic rings. The van der Waals surface area contributed by atoms with Crippen LogP contribution in [-0.2, 0) is 9.47 Å². The number of rotatable bonds is 7. The number of hydrogen-bond donors (Lipinski definition) is 3. The van der Waals surface area contributed by atoms with Crippen LogP contribution in [0.2, 0.25) is 0 Å². The number of amides is 2. The summed E-state index contributed by atoms with van der Waals surface area (Å²) in [5.41, 5.74) is 10.9. The summed E-state index contributed by atoms with van der Waals surface area (Å²) in [6.45, 7) is 12.9. The summed E-state index contributed by atoms with van der Waals surface area (Å²) in [7, 11) is 0. The summed E-state index contributed by atoms with van der Waals surface area (Å²) in [6.07, 6.45) is 0.862. The summed E-state index contributed by atoms with van der Waals surface area (Å²) in [4.78, 5) is 26.0. The second-order valence-electron chi connectivity index (χ2n) is 10.7. The van der Waals surface area contributed by atoms with Gasteiger partial charge in [-0.2, -0.15) is 0 Å². The molecule has 5 N–H and O–H groups in total. The first-order valence-electron chi connectivity index (χ1n) is 12.1. The van der Waals surface area contributed by atoms with E-state index in [4.69, 9.17) is 25.7 Å². The van der Waals surface area contributed by atoms with Gasteiger partial charge in [0.05, 0.1) is 18.9 Å². The quantitative estimate of drug-likeness (QED) is 0.293. The number of nitrogens with two attached hydrogens (primary N) is 2. The third-order valence-corrected chi connectivity index (χ3v) is 5.02. The van der Waals surface area contributed by atoms with Gasteiger partial charge in [0, 0.05) is 13.1 Å². The molecule has 1 heterocycles. The van der Waals surface area contributed by atoms with Gasteiger partial charge in [0.15, 0.2) is 0 Å². The maximum atomic E-state index is 12.2. The van der Waals surface area contributed by atoms with Gasteiger partial charge in [0.1, 0.15) is 17.0 Å². The predicted octanol–water partition coefficient (Wildman–Crippen LogP) is 3.21. The second kappa shape index (κ2) is 12.5. The van der Waals surface area contributed by atoms with E-state index in [0.717, 1.165) is 12.8 Å². The van der Waals surface area contributed by atoms with E-state index >= 15 is 0 Å². The summed E-state index contributed by atoms with van der Waals surface area (Å²) in [5, 5.41) is 10.4. The Labute approximate surface area is 213 Å². The first-order chi connectivity index (χ1) is 16.7. The lowest BCUT2D eigenvalue weighted by Crippen LogP contribution is -2.42. The van der Waals surface area contributed by atoms with Crippen molar-refractivity contribution in [1.82, 2.24) is 10.2 Å². The Morgan fingerprint density at radius 3 is 2.08 bits per heavy atom. The number of likely N-dealkylation sites (tertiary alicyclic amines) is 1. The number of carbonyl (C=O) groups is 2. The highest BCUT2D eigenvalue weighted by Gasteiger charge is 2.27. The summed E-state index contributed by atoms with van der Waals surface area (Å²) in [5.74, 6) is 0.859. The minimum absolute atomic E-state index is 0.0715. The van der Waals surface area contributed by atoms with Gasteiger partial charge >= 0.3 is 12.2 Å². The number of nitrogens with one attached hydrogen (secondary N) is 1. The number of ether oxygens (including phenoxy) is 3. The van der Waals surface area contributed by atoms with Crippen molar-refractivity contribution in [2.75, 3.05) is 26.2 Å². The van der Waals surface area contributed by atoms with Crippen LogP contribution >= 0.6 is 0 Å². The fourth-order valence-corrected chi connectivity index (χ4v) is 3.35. The lowest BCUT2D eigenvalue weighted by Gasteiger charge is -2.33. The average molecular weight is 505 g/mol. The molecule has 0 unspecified atom stereocenters. The van der Waals surface area contributed by atoms with Crippen LogP contribution in [0.1, 0.15) is 59.9 Å². The Hall–Kier alpha value is -3.50. The van der Waals surface area contributed by atoms with E-state index in [1.165, 1.54) is 0 Å². The van der Waals surface area contributed by atoms with Gasteiger partial charge in [-0.15, -0.1) is 10.2 Å². The molecule has 0 bridgehead atoms. The molecule has 0 aliphatic carbocycles. The van der Waals surface area contributed by atoms with Crippen LogP contribution in [0.5, 0.6) is 5.75 Å². The van der Waals surface area contributed by atoms with E-state index in [0.29, 0.717) is 42.6 Å². The van der Waals surface area contributed by atoms with Crippen LogP contribution in [0.25, 0.3) is 0 Å². The van der Waals surface area contributed by atoms with E-state index in [2.05, 4.69) is 15.5 Å². The van der Waals surface area contributed by atoms with E-state index in [9.17, 15) is 9.59 Å². The maximum absolute atomic E-state index is 12.2. The van der Waals surface area contributed by atoms with Crippen molar-refractivity contribution in [1.29, 1.82) is 0 Å². The van der Waals surface area contributed by atoms with Gasteiger partial charge in [-0.1, -0.05) is 0 Å². The van der Waals surface area contributed by atoms with Gasteiger partial charge in [-0.25, -0.2) is 9.59 Å². The smallest absolute Gasteiger partial charge is 0.410 e. The average Bonchev–Trinajstić information content (AvgIpc) is 2.76. The lowest BCUT2D eigenvalue weighted by molar-refractivity contribution is 0.0164. The second-order valence-corrected chi connectivity index (χ2v) is 10.7. The zero-order valence-electron chi connectivity index (χ0n) is 22.2. The molecule has 200 valence electrons. The van der Waals surface area contributed by atoms with E-state index in [1.54, 1.807) is 25.7 Å². The predicted molar refractivity (Wildman–Crippen MR) is 139 cm³/mol. The molecule has 0 atom stereocenters. The van der Waals surface area contributed by atoms with Crippen LogP contribution in [-0.4, -0.2) is 66.2 Å². The zero-order chi connectivity index (χ0) is 26.9. The minimum Gasteiger partial charge on any atom is -0.493 e. The van der Waals surface area contributed by atoms with Crippen molar-refractivity contribution in [3.63, 3.8) is 0 Å². The molecule has 11 nitrogen and oxygen atoms in total. The SMILES string of the molecule is CC(C)(C)OC(=O)NC/C(=N\N=C(N)N)c1ccc(OCC2CCN(C(=O)OC(C)(C)C)CC2)cc1. The largest absolute Gasteiger partial charge is 0.493 e. The van der Waals surface area contributed by atoms with E-state index < -0.39 is 17.3 Å². The molecule has 0 spiro atoms. The van der Waals surface area contributed by atoms with Crippen molar-refractivity contribution in [3.05, 3.63) is 29.8 Å². The first-order valence-corrected chi connectivity index (χ1v) is 12.1. The highest BCUT2D eigenvalue weighted by atomic mass is 16.6.